The number of rotatable bonds is 9. The summed E-state index contributed by atoms with van der Waals surface area (Å²) in [6.45, 7) is 3.21. The van der Waals surface area contributed by atoms with Gasteiger partial charge in [0.1, 0.15) is 6.54 Å². The summed E-state index contributed by atoms with van der Waals surface area (Å²) in [5.74, 6) is -0.828. The van der Waals surface area contributed by atoms with Crippen LogP contribution in [0.25, 0.3) is 6.08 Å². The maximum Gasteiger partial charge on any atom is 0.344 e. The van der Waals surface area contributed by atoms with Crippen LogP contribution in [-0.2, 0) is 19.1 Å². The SMILES string of the molecule is CCOC(=O)COc1c(I)cc(/C=C2/SC(=O)N(CC(=O)Nc3ccc(C)cc3)C2=O)cc1OC. The van der Waals surface area contributed by atoms with Crippen molar-refractivity contribution < 1.29 is 33.4 Å². The number of hydrogen-bond acceptors (Lipinski definition) is 8. The van der Waals surface area contributed by atoms with Crippen LogP contribution in [-0.4, -0.2) is 54.8 Å². The van der Waals surface area contributed by atoms with Crippen LogP contribution in [0.1, 0.15) is 18.1 Å². The summed E-state index contributed by atoms with van der Waals surface area (Å²) in [6.07, 6.45) is 1.54. The van der Waals surface area contributed by atoms with Crippen LogP contribution in [0.4, 0.5) is 10.5 Å². The summed E-state index contributed by atoms with van der Waals surface area (Å²) in [5, 5.41) is 2.15. The van der Waals surface area contributed by atoms with Crippen molar-refractivity contribution in [1.82, 2.24) is 4.90 Å². The molecule has 0 aromatic heterocycles. The van der Waals surface area contributed by atoms with E-state index in [9.17, 15) is 19.2 Å². The fraction of sp³-hybridized carbons (Fsp3) is 0.250. The first-order chi connectivity index (χ1) is 16.7. The molecule has 184 valence electrons. The van der Waals surface area contributed by atoms with Crippen LogP contribution in [0, 0.1) is 10.5 Å². The average molecular weight is 610 g/mol. The molecule has 3 rings (SSSR count). The van der Waals surface area contributed by atoms with Gasteiger partial charge in [-0.15, -0.1) is 0 Å². The van der Waals surface area contributed by atoms with Crippen LogP contribution in [0.3, 0.4) is 0 Å². The van der Waals surface area contributed by atoms with Gasteiger partial charge in [-0.25, -0.2) is 4.79 Å². The summed E-state index contributed by atoms with van der Waals surface area (Å²) in [4.78, 5) is 50.3. The molecule has 1 aliphatic rings. The molecule has 0 atom stereocenters. The van der Waals surface area contributed by atoms with E-state index in [1.54, 1.807) is 37.3 Å². The van der Waals surface area contributed by atoms with Crippen molar-refractivity contribution in [3.8, 4) is 11.5 Å². The van der Waals surface area contributed by atoms with E-state index < -0.39 is 29.6 Å². The maximum absolute atomic E-state index is 12.8. The van der Waals surface area contributed by atoms with Crippen molar-refractivity contribution >= 4 is 69.1 Å². The minimum atomic E-state index is -0.560. The van der Waals surface area contributed by atoms with E-state index >= 15 is 0 Å². The first kappa shape index (κ1) is 26.5. The Labute approximate surface area is 220 Å². The van der Waals surface area contributed by atoms with Crippen molar-refractivity contribution in [1.29, 1.82) is 0 Å². The van der Waals surface area contributed by atoms with E-state index in [4.69, 9.17) is 14.2 Å². The number of nitrogens with one attached hydrogen (secondary N) is 1. The smallest absolute Gasteiger partial charge is 0.344 e. The normalized spacial score (nSPS) is 14.3. The number of hydrogen-bond donors (Lipinski definition) is 1. The van der Waals surface area contributed by atoms with Crippen LogP contribution in [0.5, 0.6) is 11.5 Å². The molecular formula is C24H23IN2O7S. The summed E-state index contributed by atoms with van der Waals surface area (Å²) in [5.41, 5.74) is 2.21. The van der Waals surface area contributed by atoms with Crippen molar-refractivity contribution in [3.05, 3.63) is 56.0 Å². The third-order valence-electron chi connectivity index (χ3n) is 4.70. The summed E-state index contributed by atoms with van der Waals surface area (Å²) < 4.78 is 16.4. The van der Waals surface area contributed by atoms with Crippen molar-refractivity contribution in [3.63, 3.8) is 0 Å². The topological polar surface area (TPSA) is 111 Å². The Kier molecular flexibility index (Phi) is 9.15. The Morgan fingerprint density at radius 3 is 2.54 bits per heavy atom. The number of anilines is 1. The zero-order valence-electron chi connectivity index (χ0n) is 19.3. The molecule has 0 unspecified atom stereocenters. The molecule has 3 amide bonds. The van der Waals surface area contributed by atoms with E-state index in [0.717, 1.165) is 22.2 Å². The molecule has 1 fully saturated rings. The van der Waals surface area contributed by atoms with Gasteiger partial charge >= 0.3 is 5.97 Å². The van der Waals surface area contributed by atoms with Gasteiger partial charge in [-0.3, -0.25) is 19.3 Å². The van der Waals surface area contributed by atoms with Gasteiger partial charge in [-0.1, -0.05) is 17.7 Å². The molecule has 11 heteroatoms. The highest BCUT2D eigenvalue weighted by Gasteiger charge is 2.36. The highest BCUT2D eigenvalue weighted by atomic mass is 127. The number of nitrogens with zero attached hydrogens (tertiary/aromatic N) is 1. The summed E-state index contributed by atoms with van der Waals surface area (Å²) in [7, 11) is 1.45. The van der Waals surface area contributed by atoms with Gasteiger partial charge in [-0.2, -0.15) is 0 Å². The Hall–Kier alpha value is -3.06. The van der Waals surface area contributed by atoms with Crippen molar-refractivity contribution in [2.45, 2.75) is 13.8 Å². The molecule has 1 heterocycles. The largest absolute Gasteiger partial charge is 0.493 e. The molecule has 0 radical (unpaired) electrons. The van der Waals surface area contributed by atoms with Crippen LogP contribution >= 0.6 is 34.4 Å². The molecule has 9 nitrogen and oxygen atoms in total. The second-order valence-electron chi connectivity index (χ2n) is 7.31. The van der Waals surface area contributed by atoms with Crippen LogP contribution < -0.4 is 14.8 Å². The second-order valence-corrected chi connectivity index (χ2v) is 9.47. The fourth-order valence-corrected chi connectivity index (χ4v) is 4.69. The molecule has 0 saturated carbocycles. The van der Waals surface area contributed by atoms with Crippen LogP contribution in [0.2, 0.25) is 0 Å². The summed E-state index contributed by atoms with van der Waals surface area (Å²) >= 11 is 2.78. The molecule has 2 aromatic rings. The van der Waals surface area contributed by atoms with Crippen molar-refractivity contribution in [2.75, 3.05) is 32.2 Å². The van der Waals surface area contributed by atoms with Crippen molar-refractivity contribution in [2.24, 2.45) is 0 Å². The predicted molar refractivity (Wildman–Crippen MR) is 140 cm³/mol. The van der Waals surface area contributed by atoms with E-state index in [1.165, 1.54) is 7.11 Å². The van der Waals surface area contributed by atoms with Gasteiger partial charge in [0.15, 0.2) is 18.1 Å². The number of methoxy groups -OCH3 is 1. The summed E-state index contributed by atoms with van der Waals surface area (Å²) in [6, 6.07) is 10.5. The highest BCUT2D eigenvalue weighted by Crippen LogP contribution is 2.37. The minimum Gasteiger partial charge on any atom is -0.493 e. The number of ether oxygens (including phenoxy) is 3. The van der Waals surface area contributed by atoms with E-state index in [-0.39, 0.29) is 18.1 Å². The first-order valence-corrected chi connectivity index (χ1v) is 12.4. The first-order valence-electron chi connectivity index (χ1n) is 10.5. The van der Waals surface area contributed by atoms with Gasteiger partial charge in [0, 0.05) is 5.69 Å². The Bertz CT molecular complexity index is 1180. The third-order valence-corrected chi connectivity index (χ3v) is 6.41. The lowest BCUT2D eigenvalue weighted by molar-refractivity contribution is -0.145. The molecule has 0 aliphatic carbocycles. The zero-order valence-corrected chi connectivity index (χ0v) is 22.2. The average Bonchev–Trinajstić information content (AvgIpc) is 3.07. The van der Waals surface area contributed by atoms with Gasteiger partial charge in [0.25, 0.3) is 11.1 Å². The standard InChI is InChI=1S/C24H23IN2O7S/c1-4-33-21(29)13-34-22-17(25)9-15(10-18(22)32-3)11-19-23(30)27(24(31)35-19)12-20(28)26-16-7-5-14(2)6-8-16/h5-11H,4,12-13H2,1-3H3,(H,26,28)/b19-11+. The second kappa shape index (κ2) is 12.1. The number of amides is 3. The Morgan fingerprint density at radius 1 is 1.17 bits per heavy atom. The number of benzene rings is 2. The highest BCUT2D eigenvalue weighted by molar-refractivity contribution is 14.1. The Balaban J connectivity index is 1.72. The predicted octanol–water partition coefficient (Wildman–Crippen LogP) is 4.23. The number of esters is 1. The molecular weight excluding hydrogens is 587 g/mol. The molecule has 1 aliphatic heterocycles. The lowest BCUT2D eigenvalue weighted by atomic mass is 10.2. The van der Waals surface area contributed by atoms with E-state index in [0.29, 0.717) is 26.3 Å². The molecule has 0 bridgehead atoms. The number of halogens is 1. The minimum absolute atomic E-state index is 0.177. The monoisotopic (exact) mass is 610 g/mol. The number of carbonyl (C=O) groups is 4. The molecule has 35 heavy (non-hydrogen) atoms. The maximum atomic E-state index is 12.8. The number of imide groups is 1. The molecule has 2 aromatic carbocycles. The van der Waals surface area contributed by atoms with Gasteiger partial charge < -0.3 is 19.5 Å². The number of thioether (sulfide) groups is 1. The lowest BCUT2D eigenvalue weighted by Crippen LogP contribution is -2.36. The van der Waals surface area contributed by atoms with E-state index in [1.807, 2.05) is 41.6 Å². The van der Waals surface area contributed by atoms with Gasteiger partial charge in [0.2, 0.25) is 5.91 Å². The number of aryl methyl sites for hydroxylation is 1. The Morgan fingerprint density at radius 2 is 1.89 bits per heavy atom. The molecule has 1 saturated heterocycles. The zero-order chi connectivity index (χ0) is 25.5. The fourth-order valence-electron chi connectivity index (χ4n) is 3.07. The van der Waals surface area contributed by atoms with Crippen LogP contribution in [0.15, 0.2) is 41.3 Å². The van der Waals surface area contributed by atoms with Gasteiger partial charge in [0.05, 0.1) is 22.2 Å². The molecule has 0 spiro atoms. The van der Waals surface area contributed by atoms with Gasteiger partial charge in [-0.05, 0) is 84.1 Å². The lowest BCUT2D eigenvalue weighted by Gasteiger charge is -2.13. The van der Waals surface area contributed by atoms with E-state index in [2.05, 4.69) is 5.32 Å². The quantitative estimate of drug-likeness (QED) is 0.255. The molecule has 1 N–H and O–H groups in total. The third kappa shape index (κ3) is 6.98. The number of carbonyl (C=O) groups excluding carboxylic acids is 4.